The van der Waals surface area contributed by atoms with Gasteiger partial charge in [0, 0.05) is 43.2 Å². The molecule has 1 aromatic carbocycles. The van der Waals surface area contributed by atoms with Gasteiger partial charge in [-0.15, -0.1) is 10.2 Å². The number of pyridine rings is 1. The van der Waals surface area contributed by atoms with Crippen molar-refractivity contribution in [1.82, 2.24) is 29.9 Å². The number of morpholine rings is 1. The molecular weight excluding hydrogens is 445 g/mol. The summed E-state index contributed by atoms with van der Waals surface area (Å²) in [6.45, 7) is 2.69. The maximum Gasteiger partial charge on any atom is 0.232 e. The van der Waals surface area contributed by atoms with Crippen LogP contribution in [0.3, 0.4) is 0 Å². The molecule has 9 nitrogen and oxygen atoms in total. The summed E-state index contributed by atoms with van der Waals surface area (Å²) < 4.78 is 26.7. The van der Waals surface area contributed by atoms with Gasteiger partial charge in [-0.3, -0.25) is 9.55 Å². The Balaban J connectivity index is 1.27. The van der Waals surface area contributed by atoms with Crippen molar-refractivity contribution >= 4 is 17.7 Å². The third-order valence-corrected chi connectivity index (χ3v) is 6.16. The average Bonchev–Trinajstić information content (AvgIpc) is 3.50. The first-order chi connectivity index (χ1) is 16.3. The molecule has 5 rings (SSSR count). The first-order valence-corrected chi connectivity index (χ1v) is 11.7. The summed E-state index contributed by atoms with van der Waals surface area (Å²) in [5.41, 5.74) is 1.57. The van der Waals surface area contributed by atoms with E-state index in [1.807, 2.05) is 22.8 Å². The Hall–Kier alpha value is -3.31. The largest absolute Gasteiger partial charge is 0.378 e. The van der Waals surface area contributed by atoms with E-state index < -0.39 is 0 Å². The fourth-order valence-electron chi connectivity index (χ4n) is 3.53. The highest BCUT2D eigenvalue weighted by Crippen LogP contribution is 2.28. The maximum atomic E-state index is 14.0. The van der Waals surface area contributed by atoms with E-state index in [1.54, 1.807) is 30.2 Å². The number of hydrogen-bond acceptors (Lipinski definition) is 9. The second-order valence-corrected chi connectivity index (χ2v) is 8.46. The summed E-state index contributed by atoms with van der Waals surface area (Å²) in [5, 5.41) is 13.6. The number of anilines is 1. The van der Waals surface area contributed by atoms with E-state index in [0.717, 1.165) is 30.8 Å². The number of thioether (sulfide) groups is 1. The van der Waals surface area contributed by atoms with Crippen molar-refractivity contribution in [3.63, 3.8) is 0 Å². The molecule has 11 heteroatoms. The van der Waals surface area contributed by atoms with Crippen molar-refractivity contribution in [2.45, 2.75) is 18.0 Å². The molecule has 1 fully saturated rings. The average molecular weight is 468 g/mol. The van der Waals surface area contributed by atoms with E-state index in [4.69, 9.17) is 9.26 Å². The summed E-state index contributed by atoms with van der Waals surface area (Å²) in [6.07, 6.45) is 4.85. The third kappa shape index (κ3) is 5.04. The number of nitrogens with zero attached hydrogens (tertiary/aromatic N) is 7. The van der Waals surface area contributed by atoms with Gasteiger partial charge in [0.05, 0.1) is 18.9 Å². The van der Waals surface area contributed by atoms with E-state index >= 15 is 0 Å². The van der Waals surface area contributed by atoms with E-state index in [2.05, 4.69) is 30.2 Å². The standard InChI is InChI=1S/C22H22FN7O2S/c23-17-3-1-4-18(15-17)30-21(29-10-12-31-13-11-29)26-27-22(30)33-14-2-5-19-25-20(28-32-19)16-6-8-24-9-7-16/h1,3-4,6-9,15H,2,5,10-14H2. The molecule has 170 valence electrons. The minimum absolute atomic E-state index is 0.300. The van der Waals surface area contributed by atoms with Gasteiger partial charge in [0.15, 0.2) is 5.16 Å². The summed E-state index contributed by atoms with van der Waals surface area (Å²) >= 11 is 1.57. The van der Waals surface area contributed by atoms with E-state index in [9.17, 15) is 4.39 Å². The van der Waals surface area contributed by atoms with Crippen molar-refractivity contribution in [2.24, 2.45) is 0 Å². The summed E-state index contributed by atoms with van der Waals surface area (Å²) in [5.74, 6) is 2.31. The molecule has 0 bridgehead atoms. The molecule has 0 amide bonds. The minimum atomic E-state index is -0.300. The van der Waals surface area contributed by atoms with Crippen molar-refractivity contribution in [3.8, 4) is 17.1 Å². The number of aromatic nitrogens is 6. The molecule has 1 saturated heterocycles. The maximum absolute atomic E-state index is 14.0. The molecular formula is C22H22FN7O2S. The van der Waals surface area contributed by atoms with Gasteiger partial charge in [-0.05, 0) is 36.8 Å². The monoisotopic (exact) mass is 467 g/mol. The lowest BCUT2D eigenvalue weighted by Crippen LogP contribution is -2.37. The Bertz CT molecular complexity index is 1190. The molecule has 0 atom stereocenters. The van der Waals surface area contributed by atoms with Crippen LogP contribution in [0.1, 0.15) is 12.3 Å². The molecule has 0 radical (unpaired) electrons. The van der Waals surface area contributed by atoms with Gasteiger partial charge in [-0.1, -0.05) is 23.0 Å². The van der Waals surface area contributed by atoms with Gasteiger partial charge in [-0.2, -0.15) is 4.98 Å². The second-order valence-electron chi connectivity index (χ2n) is 7.40. The van der Waals surface area contributed by atoms with Gasteiger partial charge in [-0.25, -0.2) is 4.39 Å². The first-order valence-electron chi connectivity index (χ1n) is 10.7. The Morgan fingerprint density at radius 2 is 1.91 bits per heavy atom. The number of ether oxygens (including phenoxy) is 1. The molecule has 33 heavy (non-hydrogen) atoms. The lowest BCUT2D eigenvalue weighted by atomic mass is 10.2. The number of benzene rings is 1. The third-order valence-electron chi connectivity index (χ3n) is 5.15. The normalized spacial score (nSPS) is 14.0. The van der Waals surface area contributed by atoms with Crippen LogP contribution in [0.15, 0.2) is 58.5 Å². The van der Waals surface area contributed by atoms with Crippen molar-refractivity contribution in [3.05, 3.63) is 60.5 Å². The summed E-state index contributed by atoms with van der Waals surface area (Å²) in [4.78, 5) is 10.6. The van der Waals surface area contributed by atoms with E-state index in [0.29, 0.717) is 48.1 Å². The Morgan fingerprint density at radius 3 is 2.73 bits per heavy atom. The lowest BCUT2D eigenvalue weighted by molar-refractivity contribution is 0.122. The highest BCUT2D eigenvalue weighted by Gasteiger charge is 2.22. The Morgan fingerprint density at radius 1 is 1.06 bits per heavy atom. The van der Waals surface area contributed by atoms with Gasteiger partial charge in [0.2, 0.25) is 17.7 Å². The van der Waals surface area contributed by atoms with Gasteiger partial charge < -0.3 is 14.2 Å². The number of halogens is 1. The molecule has 1 aliphatic rings. The lowest BCUT2D eigenvalue weighted by Gasteiger charge is -2.27. The predicted molar refractivity (Wildman–Crippen MR) is 121 cm³/mol. The van der Waals surface area contributed by atoms with Gasteiger partial charge >= 0.3 is 0 Å². The number of rotatable bonds is 8. The SMILES string of the molecule is Fc1cccc(-n2c(SCCCc3nc(-c4ccncc4)no3)nnc2N2CCOCC2)c1. The fraction of sp³-hybridized carbons (Fsp3) is 0.318. The van der Waals surface area contributed by atoms with Crippen molar-refractivity contribution in [1.29, 1.82) is 0 Å². The molecule has 0 aliphatic carbocycles. The number of hydrogen-bond donors (Lipinski definition) is 0. The van der Waals surface area contributed by atoms with Gasteiger partial charge in [0.25, 0.3) is 0 Å². The molecule has 1 aliphatic heterocycles. The number of aryl methyl sites for hydroxylation is 1. The van der Waals surface area contributed by atoms with Crippen LogP contribution in [0, 0.1) is 5.82 Å². The zero-order chi connectivity index (χ0) is 22.5. The Kier molecular flexibility index (Phi) is 6.58. The van der Waals surface area contributed by atoms with Crippen LogP contribution >= 0.6 is 11.8 Å². The van der Waals surface area contributed by atoms with E-state index in [1.165, 1.54) is 12.1 Å². The van der Waals surface area contributed by atoms with Crippen LogP contribution in [0.2, 0.25) is 0 Å². The quantitative estimate of drug-likeness (QED) is 0.285. The smallest absolute Gasteiger partial charge is 0.232 e. The van der Waals surface area contributed by atoms with Crippen LogP contribution in [-0.4, -0.2) is 61.9 Å². The summed E-state index contributed by atoms with van der Waals surface area (Å²) in [6, 6.07) is 10.2. The molecule has 3 aromatic heterocycles. The second kappa shape index (κ2) is 10.1. The zero-order valence-corrected chi connectivity index (χ0v) is 18.6. The molecule has 4 aromatic rings. The molecule has 4 heterocycles. The zero-order valence-electron chi connectivity index (χ0n) is 17.8. The van der Waals surface area contributed by atoms with Crippen molar-refractivity contribution < 1.29 is 13.7 Å². The predicted octanol–water partition coefficient (Wildman–Crippen LogP) is 3.41. The minimum Gasteiger partial charge on any atom is -0.378 e. The van der Waals surface area contributed by atoms with Gasteiger partial charge in [0.1, 0.15) is 5.82 Å². The molecule has 0 spiro atoms. The highest BCUT2D eigenvalue weighted by atomic mass is 32.2. The van der Waals surface area contributed by atoms with Crippen molar-refractivity contribution in [2.75, 3.05) is 37.0 Å². The Labute approximate surface area is 194 Å². The van der Waals surface area contributed by atoms with Crippen LogP contribution in [0.25, 0.3) is 17.1 Å². The van der Waals surface area contributed by atoms with Crippen LogP contribution in [-0.2, 0) is 11.2 Å². The van der Waals surface area contributed by atoms with E-state index in [-0.39, 0.29) is 5.82 Å². The highest BCUT2D eigenvalue weighted by molar-refractivity contribution is 7.99. The molecule has 0 N–H and O–H groups in total. The molecule has 0 saturated carbocycles. The van der Waals surface area contributed by atoms with Crippen LogP contribution in [0.4, 0.5) is 10.3 Å². The fourth-order valence-corrected chi connectivity index (χ4v) is 4.41. The topological polar surface area (TPSA) is 95.0 Å². The first kappa shape index (κ1) is 21.5. The van der Waals surface area contributed by atoms with Crippen LogP contribution in [0.5, 0.6) is 0 Å². The summed E-state index contributed by atoms with van der Waals surface area (Å²) in [7, 11) is 0. The van der Waals surface area contributed by atoms with Crippen LogP contribution < -0.4 is 4.90 Å². The molecule has 0 unspecified atom stereocenters.